The third kappa shape index (κ3) is 3.03. The summed E-state index contributed by atoms with van der Waals surface area (Å²) < 4.78 is 3.97. The number of hydrogen-bond acceptors (Lipinski definition) is 3. The number of nitrogens with zero attached hydrogens (tertiary/aromatic N) is 1. The first kappa shape index (κ1) is 20.2. The molecule has 0 aliphatic rings. The van der Waals surface area contributed by atoms with Crippen LogP contribution < -0.4 is 0 Å². The van der Waals surface area contributed by atoms with Crippen LogP contribution in [0.4, 0.5) is 0 Å². The van der Waals surface area contributed by atoms with Crippen molar-refractivity contribution in [3.63, 3.8) is 0 Å². The Kier molecular flexibility index (Phi) is 4.33. The summed E-state index contributed by atoms with van der Waals surface area (Å²) in [5, 5.41) is 7.69. The van der Waals surface area contributed by atoms with Gasteiger partial charge in [-0.1, -0.05) is 78.9 Å². The molecule has 3 heteroatoms. The van der Waals surface area contributed by atoms with E-state index in [1.165, 1.54) is 68.7 Å². The molecule has 0 aliphatic heterocycles. The molecule has 0 N–H and O–H groups in total. The quantitative estimate of drug-likeness (QED) is 0.233. The van der Waals surface area contributed by atoms with E-state index in [-0.39, 0.29) is 0 Å². The number of benzene rings is 5. The van der Waals surface area contributed by atoms with Crippen molar-refractivity contribution in [2.45, 2.75) is 0 Å². The second-order valence-electron chi connectivity index (χ2n) is 9.23. The Bertz CT molecular complexity index is 2110. The van der Waals surface area contributed by atoms with Crippen molar-refractivity contribution in [1.29, 1.82) is 0 Å². The van der Waals surface area contributed by atoms with Gasteiger partial charge in [0, 0.05) is 47.2 Å². The van der Waals surface area contributed by atoms with Gasteiger partial charge in [-0.3, -0.25) is 0 Å². The Morgan fingerprint density at radius 2 is 1.08 bits per heavy atom. The molecular weight excluding hydrogens is 475 g/mol. The molecule has 0 radical (unpaired) electrons. The first-order chi connectivity index (χ1) is 17.8. The lowest BCUT2D eigenvalue weighted by Gasteiger charge is -2.08. The summed E-state index contributed by atoms with van der Waals surface area (Å²) >= 11 is 3.64. The summed E-state index contributed by atoms with van der Waals surface area (Å²) in [6, 6.07) is 39.8. The molecule has 168 valence electrons. The van der Waals surface area contributed by atoms with E-state index < -0.39 is 0 Å². The zero-order valence-electron chi connectivity index (χ0n) is 19.2. The fourth-order valence-corrected chi connectivity index (χ4v) is 7.58. The molecule has 8 aromatic rings. The van der Waals surface area contributed by atoms with Gasteiger partial charge in [0.25, 0.3) is 0 Å². The zero-order chi connectivity index (χ0) is 23.6. The van der Waals surface area contributed by atoms with E-state index in [0.29, 0.717) is 0 Å². The lowest BCUT2D eigenvalue weighted by atomic mass is 9.96. The Hall–Kier alpha value is -4.05. The van der Waals surface area contributed by atoms with Crippen LogP contribution in [0.25, 0.3) is 73.5 Å². The minimum Gasteiger partial charge on any atom is -0.245 e. The van der Waals surface area contributed by atoms with Crippen molar-refractivity contribution >= 4 is 73.9 Å². The number of hydrogen-bond donors (Lipinski definition) is 0. The average molecular weight is 494 g/mol. The van der Waals surface area contributed by atoms with Crippen LogP contribution in [0, 0.1) is 0 Å². The Labute approximate surface area is 215 Å². The molecule has 3 aromatic heterocycles. The van der Waals surface area contributed by atoms with Gasteiger partial charge in [0.05, 0.1) is 0 Å². The topological polar surface area (TPSA) is 12.9 Å². The van der Waals surface area contributed by atoms with Gasteiger partial charge in [0.15, 0.2) is 0 Å². The summed E-state index contributed by atoms with van der Waals surface area (Å²) in [6.45, 7) is 0. The molecular formula is C33H19NS2. The molecule has 0 bridgehead atoms. The molecule has 0 unspecified atom stereocenters. The fourth-order valence-electron chi connectivity index (χ4n) is 5.37. The van der Waals surface area contributed by atoms with E-state index >= 15 is 0 Å². The van der Waals surface area contributed by atoms with Crippen molar-refractivity contribution in [1.82, 2.24) is 4.98 Å². The van der Waals surface area contributed by atoms with Crippen molar-refractivity contribution in [2.24, 2.45) is 0 Å². The predicted octanol–water partition coefficient (Wildman–Crippen LogP) is 10.3. The summed E-state index contributed by atoms with van der Waals surface area (Å²) in [5.41, 5.74) is 4.93. The van der Waals surface area contributed by atoms with Gasteiger partial charge in [0.1, 0.15) is 4.83 Å². The normalized spacial score (nSPS) is 11.9. The second kappa shape index (κ2) is 7.72. The molecule has 36 heavy (non-hydrogen) atoms. The maximum Gasteiger partial charge on any atom is 0.125 e. The molecule has 0 aliphatic carbocycles. The van der Waals surface area contributed by atoms with E-state index in [1.807, 2.05) is 17.5 Å². The number of thiophene rings is 2. The molecule has 5 aromatic carbocycles. The molecule has 0 spiro atoms. The van der Waals surface area contributed by atoms with Crippen LogP contribution in [-0.2, 0) is 0 Å². The molecule has 0 saturated carbocycles. The average Bonchev–Trinajstić information content (AvgIpc) is 3.51. The van der Waals surface area contributed by atoms with Crippen LogP contribution in [0.2, 0.25) is 0 Å². The van der Waals surface area contributed by atoms with Gasteiger partial charge in [-0.25, -0.2) is 4.98 Å². The maximum atomic E-state index is 4.81. The lowest BCUT2D eigenvalue weighted by molar-refractivity contribution is 1.48. The highest BCUT2D eigenvalue weighted by Gasteiger charge is 2.11. The number of pyridine rings is 1. The number of rotatable bonds is 2. The molecule has 0 atom stereocenters. The minimum atomic E-state index is 1.11. The molecule has 1 nitrogen and oxygen atoms in total. The standard InChI is InChI=1S/C33H19NS2/c1-3-10-29-26(8-1)27-15-13-23(18-31(27)35-29)21-7-5-6-20(16-21)22-12-14-25-24(17-22)19-34-33-32(25)28-9-2-4-11-30(28)36-33/h1-19H. The molecule has 0 fully saturated rings. The minimum absolute atomic E-state index is 1.11. The highest BCUT2D eigenvalue weighted by atomic mass is 32.1. The fraction of sp³-hybridized carbons (Fsp3) is 0. The molecule has 8 rings (SSSR count). The summed E-state index contributed by atoms with van der Waals surface area (Å²) in [5.74, 6) is 0. The van der Waals surface area contributed by atoms with Gasteiger partial charge < -0.3 is 0 Å². The Morgan fingerprint density at radius 1 is 0.444 bits per heavy atom. The molecule has 0 amide bonds. The Balaban J connectivity index is 1.24. The first-order valence-corrected chi connectivity index (χ1v) is 13.7. The largest absolute Gasteiger partial charge is 0.245 e. The van der Waals surface area contributed by atoms with Crippen LogP contribution in [0.1, 0.15) is 0 Å². The summed E-state index contributed by atoms with van der Waals surface area (Å²) in [4.78, 5) is 5.92. The highest BCUT2D eigenvalue weighted by molar-refractivity contribution is 7.26. The van der Waals surface area contributed by atoms with Gasteiger partial charge >= 0.3 is 0 Å². The summed E-state index contributed by atoms with van der Waals surface area (Å²) in [7, 11) is 0. The van der Waals surface area contributed by atoms with Gasteiger partial charge in [-0.2, -0.15) is 0 Å². The number of aromatic nitrogens is 1. The lowest BCUT2D eigenvalue weighted by Crippen LogP contribution is -1.84. The second-order valence-corrected chi connectivity index (χ2v) is 11.3. The van der Waals surface area contributed by atoms with E-state index in [9.17, 15) is 0 Å². The van der Waals surface area contributed by atoms with Crippen LogP contribution in [0.5, 0.6) is 0 Å². The van der Waals surface area contributed by atoms with Crippen LogP contribution in [-0.4, -0.2) is 4.98 Å². The van der Waals surface area contributed by atoms with Crippen LogP contribution in [0.3, 0.4) is 0 Å². The van der Waals surface area contributed by atoms with Crippen molar-refractivity contribution in [3.05, 3.63) is 115 Å². The van der Waals surface area contributed by atoms with Gasteiger partial charge in [-0.05, 0) is 58.0 Å². The van der Waals surface area contributed by atoms with E-state index in [2.05, 4.69) is 109 Å². The third-order valence-corrected chi connectivity index (χ3v) is 9.34. The predicted molar refractivity (Wildman–Crippen MR) is 158 cm³/mol. The SMILES string of the molecule is c1cc(-c2ccc3c(cnc4sc5ccccc5c43)c2)cc(-c2ccc3c(c2)sc2ccccc23)c1. The van der Waals surface area contributed by atoms with Crippen molar-refractivity contribution in [2.75, 3.05) is 0 Å². The number of fused-ring (bicyclic) bond motifs is 8. The van der Waals surface area contributed by atoms with Gasteiger partial charge in [0.2, 0.25) is 0 Å². The maximum absolute atomic E-state index is 4.81. The van der Waals surface area contributed by atoms with Gasteiger partial charge in [-0.15, -0.1) is 22.7 Å². The smallest absolute Gasteiger partial charge is 0.125 e. The third-order valence-electron chi connectivity index (χ3n) is 7.13. The van der Waals surface area contributed by atoms with Crippen molar-refractivity contribution in [3.8, 4) is 22.3 Å². The van der Waals surface area contributed by atoms with E-state index in [0.717, 1.165) is 4.83 Å². The van der Waals surface area contributed by atoms with E-state index in [4.69, 9.17) is 4.98 Å². The zero-order valence-corrected chi connectivity index (χ0v) is 20.9. The monoisotopic (exact) mass is 493 g/mol. The van der Waals surface area contributed by atoms with Crippen molar-refractivity contribution < 1.29 is 0 Å². The molecule has 3 heterocycles. The van der Waals surface area contributed by atoms with E-state index in [1.54, 1.807) is 11.3 Å². The first-order valence-electron chi connectivity index (χ1n) is 12.0. The Morgan fingerprint density at radius 3 is 1.92 bits per heavy atom. The summed E-state index contributed by atoms with van der Waals surface area (Å²) in [6.07, 6.45) is 2.02. The highest BCUT2D eigenvalue weighted by Crippen LogP contribution is 2.39. The van der Waals surface area contributed by atoms with Crippen LogP contribution in [0.15, 0.2) is 115 Å². The van der Waals surface area contributed by atoms with Crippen LogP contribution >= 0.6 is 22.7 Å². The molecule has 0 saturated heterocycles.